The van der Waals surface area contributed by atoms with Gasteiger partial charge in [-0.15, -0.1) is 0 Å². The molecule has 1 heterocycles. The fraction of sp³-hybridized carbons (Fsp3) is 0.406. The normalized spacial score (nSPS) is 15.6. The maximum atomic E-state index is 13.2. The number of hydrogen-bond acceptors (Lipinski definition) is 5. The van der Waals surface area contributed by atoms with Gasteiger partial charge in [-0.1, -0.05) is 73.7 Å². The number of hydrogen-bond donors (Lipinski definition) is 0. The van der Waals surface area contributed by atoms with Gasteiger partial charge in [0.15, 0.2) is 0 Å². The van der Waals surface area contributed by atoms with Crippen LogP contribution in [0.3, 0.4) is 0 Å². The molecule has 0 spiro atoms. The van der Waals surface area contributed by atoms with Gasteiger partial charge < -0.3 is 14.5 Å². The Morgan fingerprint density at radius 2 is 1.50 bits per heavy atom. The number of nitrogens with zero attached hydrogens (tertiary/aromatic N) is 3. The van der Waals surface area contributed by atoms with Crippen molar-refractivity contribution in [3.05, 3.63) is 96.6 Å². The first-order valence-electron chi connectivity index (χ1n) is 14.2. The van der Waals surface area contributed by atoms with Crippen LogP contribution >= 0.6 is 0 Å². The van der Waals surface area contributed by atoms with E-state index in [0.717, 1.165) is 50.9 Å². The predicted molar refractivity (Wildman–Crippen MR) is 159 cm³/mol. The van der Waals surface area contributed by atoms with Crippen LogP contribution in [0.4, 0.5) is 4.79 Å². The van der Waals surface area contributed by atoms with E-state index in [2.05, 4.69) is 24.0 Å². The van der Waals surface area contributed by atoms with E-state index in [1.54, 1.807) is 43.4 Å². The fourth-order valence-electron chi connectivity index (χ4n) is 5.37. The summed E-state index contributed by atoms with van der Waals surface area (Å²) >= 11 is 0. The second-order valence-corrected chi connectivity index (χ2v) is 12.5. The third kappa shape index (κ3) is 7.93. The molecule has 1 unspecified atom stereocenters. The minimum atomic E-state index is -3.57. The zero-order valence-electron chi connectivity index (χ0n) is 23.6. The molecular formula is C32H41N3O4S. The van der Waals surface area contributed by atoms with Crippen LogP contribution in [0, 0.1) is 0 Å². The van der Waals surface area contributed by atoms with E-state index in [4.69, 9.17) is 4.74 Å². The number of sulfonamides is 1. The topological polar surface area (TPSA) is 70.2 Å². The minimum absolute atomic E-state index is 0.0693. The summed E-state index contributed by atoms with van der Waals surface area (Å²) in [6.07, 6.45) is 3.23. The van der Waals surface area contributed by atoms with Crippen molar-refractivity contribution in [2.24, 2.45) is 0 Å². The predicted octanol–water partition coefficient (Wildman–Crippen LogP) is 5.86. The molecule has 7 nitrogen and oxygen atoms in total. The Labute approximate surface area is 239 Å². The van der Waals surface area contributed by atoms with Crippen LogP contribution in [0.5, 0.6) is 5.75 Å². The molecule has 0 aliphatic carbocycles. The minimum Gasteiger partial charge on any atom is -0.410 e. The van der Waals surface area contributed by atoms with E-state index in [1.165, 1.54) is 4.31 Å². The summed E-state index contributed by atoms with van der Waals surface area (Å²) in [4.78, 5) is 17.6. The number of piperidine rings is 1. The zero-order valence-corrected chi connectivity index (χ0v) is 24.4. The number of ether oxygens (including phenoxy) is 1. The third-order valence-corrected chi connectivity index (χ3v) is 9.48. The lowest BCUT2D eigenvalue weighted by molar-refractivity contribution is 0.0941. The van der Waals surface area contributed by atoms with Crippen molar-refractivity contribution in [3.8, 4) is 5.75 Å². The molecular weight excluding hydrogens is 522 g/mol. The molecule has 0 aromatic heterocycles. The fourth-order valence-corrected chi connectivity index (χ4v) is 6.61. The quantitative estimate of drug-likeness (QED) is 0.276. The van der Waals surface area contributed by atoms with E-state index in [9.17, 15) is 13.2 Å². The Kier molecular flexibility index (Phi) is 10.7. The average Bonchev–Trinajstić information content (AvgIpc) is 2.99. The van der Waals surface area contributed by atoms with Crippen molar-refractivity contribution in [3.63, 3.8) is 0 Å². The summed E-state index contributed by atoms with van der Waals surface area (Å²) in [7, 11) is -1.90. The van der Waals surface area contributed by atoms with Gasteiger partial charge in [0.1, 0.15) is 5.75 Å². The van der Waals surface area contributed by atoms with Gasteiger partial charge in [-0.2, -0.15) is 0 Å². The molecule has 1 aliphatic heterocycles. The van der Waals surface area contributed by atoms with Gasteiger partial charge in [0.25, 0.3) is 0 Å². The second-order valence-electron chi connectivity index (χ2n) is 10.4. The molecule has 1 saturated heterocycles. The standard InChI is InChI=1S/C32H41N3O4S/c1-3-22-35(32(36)39-30-15-9-5-10-16-30)29-20-24-34(25-21-29)23-19-28(27-13-7-4-8-14-27)26-33(2)40(37,38)31-17-11-6-12-18-31/h4-18,28-29H,3,19-26H2,1-2H3. The monoisotopic (exact) mass is 563 g/mol. The third-order valence-electron chi connectivity index (χ3n) is 7.64. The largest absolute Gasteiger partial charge is 0.415 e. The number of carbonyl (C=O) groups excluding carboxylic acids is 1. The highest BCUT2D eigenvalue weighted by atomic mass is 32.2. The SMILES string of the molecule is CCCN(C(=O)Oc1ccccc1)C1CCN(CCC(CN(C)S(=O)(=O)c2ccccc2)c2ccccc2)CC1. The smallest absolute Gasteiger partial charge is 0.410 e. The van der Waals surface area contributed by atoms with Gasteiger partial charge in [0.2, 0.25) is 10.0 Å². The van der Waals surface area contributed by atoms with E-state index in [1.807, 2.05) is 47.4 Å². The molecule has 40 heavy (non-hydrogen) atoms. The molecule has 1 fully saturated rings. The first-order valence-corrected chi connectivity index (χ1v) is 15.6. The lowest BCUT2D eigenvalue weighted by Gasteiger charge is -2.38. The van der Waals surface area contributed by atoms with E-state index < -0.39 is 10.0 Å². The summed E-state index contributed by atoms with van der Waals surface area (Å²) in [6, 6.07) is 28.2. The van der Waals surface area contributed by atoms with Crippen LogP contribution in [0.15, 0.2) is 95.9 Å². The molecule has 1 amide bonds. The van der Waals surface area contributed by atoms with E-state index in [-0.39, 0.29) is 18.1 Å². The van der Waals surface area contributed by atoms with Crippen molar-refractivity contribution in [1.82, 2.24) is 14.1 Å². The molecule has 1 atom stereocenters. The average molecular weight is 564 g/mol. The Hall–Kier alpha value is -3.20. The molecule has 0 N–H and O–H groups in total. The maximum Gasteiger partial charge on any atom is 0.415 e. The van der Waals surface area contributed by atoms with Crippen molar-refractivity contribution in [2.45, 2.75) is 49.5 Å². The van der Waals surface area contributed by atoms with Gasteiger partial charge in [-0.25, -0.2) is 17.5 Å². The first-order chi connectivity index (χ1) is 19.4. The van der Waals surface area contributed by atoms with Crippen molar-refractivity contribution in [1.29, 1.82) is 0 Å². The maximum absolute atomic E-state index is 13.2. The number of rotatable bonds is 12. The molecule has 4 rings (SSSR count). The Morgan fingerprint density at radius 3 is 2.10 bits per heavy atom. The zero-order chi connectivity index (χ0) is 28.4. The van der Waals surface area contributed by atoms with Crippen molar-refractivity contribution >= 4 is 16.1 Å². The number of para-hydroxylation sites is 1. The molecule has 8 heteroatoms. The highest BCUT2D eigenvalue weighted by molar-refractivity contribution is 7.89. The summed E-state index contributed by atoms with van der Waals surface area (Å²) in [6.45, 7) is 5.82. The van der Waals surface area contributed by atoms with E-state index >= 15 is 0 Å². The van der Waals surface area contributed by atoms with Crippen LogP contribution in [0.2, 0.25) is 0 Å². The Balaban J connectivity index is 1.35. The highest BCUT2D eigenvalue weighted by Crippen LogP contribution is 2.26. The van der Waals surface area contributed by atoms with Gasteiger partial charge >= 0.3 is 6.09 Å². The number of likely N-dealkylation sites (N-methyl/N-ethyl adjacent to an activating group) is 1. The Morgan fingerprint density at radius 1 is 0.925 bits per heavy atom. The summed E-state index contributed by atoms with van der Waals surface area (Å²) in [5.74, 6) is 0.636. The van der Waals surface area contributed by atoms with Crippen molar-refractivity contribution in [2.75, 3.05) is 39.8 Å². The second kappa shape index (κ2) is 14.4. The Bertz CT molecular complexity index is 1280. The number of carbonyl (C=O) groups is 1. The highest BCUT2D eigenvalue weighted by Gasteiger charge is 2.30. The molecule has 0 radical (unpaired) electrons. The van der Waals surface area contributed by atoms with Gasteiger partial charge in [0.05, 0.1) is 4.90 Å². The van der Waals surface area contributed by atoms with Crippen LogP contribution in [-0.2, 0) is 10.0 Å². The molecule has 0 bridgehead atoms. The lowest BCUT2D eigenvalue weighted by Crippen LogP contribution is -2.49. The van der Waals surface area contributed by atoms with Crippen LogP contribution in [0.25, 0.3) is 0 Å². The number of amides is 1. The summed E-state index contributed by atoms with van der Waals surface area (Å²) in [5.41, 5.74) is 1.14. The molecule has 3 aromatic carbocycles. The van der Waals surface area contributed by atoms with Crippen LogP contribution < -0.4 is 4.74 Å². The summed E-state index contributed by atoms with van der Waals surface area (Å²) < 4.78 is 33.5. The van der Waals surface area contributed by atoms with Crippen LogP contribution in [0.1, 0.15) is 44.1 Å². The number of benzene rings is 3. The van der Waals surface area contributed by atoms with Gasteiger partial charge in [-0.3, -0.25) is 0 Å². The van der Waals surface area contributed by atoms with E-state index in [0.29, 0.717) is 23.7 Å². The lowest BCUT2D eigenvalue weighted by atomic mass is 9.94. The van der Waals surface area contributed by atoms with Gasteiger partial charge in [0, 0.05) is 39.3 Å². The van der Waals surface area contributed by atoms with Crippen LogP contribution in [-0.4, -0.2) is 74.4 Å². The molecule has 1 aliphatic rings. The molecule has 214 valence electrons. The number of likely N-dealkylation sites (tertiary alicyclic amines) is 1. The van der Waals surface area contributed by atoms with Gasteiger partial charge in [-0.05, 0) is 68.0 Å². The van der Waals surface area contributed by atoms with Crippen molar-refractivity contribution < 1.29 is 17.9 Å². The molecule has 3 aromatic rings. The first kappa shape index (κ1) is 29.8. The molecule has 0 saturated carbocycles. The summed E-state index contributed by atoms with van der Waals surface area (Å²) in [5, 5.41) is 0.